The molecule has 6 nitrogen and oxygen atoms in total. The molecule has 1 aliphatic rings. The van der Waals surface area contributed by atoms with Crippen molar-refractivity contribution in [2.75, 3.05) is 34.5 Å². The molecule has 0 aromatic heterocycles. The Balaban J connectivity index is 2.26. The largest absolute Gasteiger partial charge is 0.490 e. The number of hydrogen-bond acceptors (Lipinski definition) is 6. The first kappa shape index (κ1) is 16.7. The predicted octanol–water partition coefficient (Wildman–Crippen LogP) is 2.32. The molecule has 1 saturated heterocycles. The van der Waals surface area contributed by atoms with Crippen LogP contribution in [0.3, 0.4) is 0 Å². The molecule has 22 heavy (non-hydrogen) atoms. The topological polar surface area (TPSA) is 63.2 Å². The minimum absolute atomic E-state index is 0.0646. The lowest BCUT2D eigenvalue weighted by atomic mass is 10.1. The summed E-state index contributed by atoms with van der Waals surface area (Å²) in [6.07, 6.45) is 1.40. The summed E-state index contributed by atoms with van der Waals surface area (Å²) in [6.45, 7) is 1.16. The standard InChI is InChI=1S/C16H22O6/c1-18-15(17)14-12(16(19-2)20-3)7-4-8-13(14)22-10-11-6-5-9-21-11/h4,7-8,11,16H,5-6,9-10H2,1-3H3. The summed E-state index contributed by atoms with van der Waals surface area (Å²) < 4.78 is 26.7. The molecule has 0 N–H and O–H groups in total. The first-order valence-corrected chi connectivity index (χ1v) is 7.22. The Morgan fingerprint density at radius 3 is 2.68 bits per heavy atom. The molecular weight excluding hydrogens is 288 g/mol. The van der Waals surface area contributed by atoms with Crippen molar-refractivity contribution in [2.24, 2.45) is 0 Å². The fourth-order valence-electron chi connectivity index (χ4n) is 2.49. The molecule has 0 aliphatic carbocycles. The van der Waals surface area contributed by atoms with Crippen LogP contribution in [0.25, 0.3) is 0 Å². The fraction of sp³-hybridized carbons (Fsp3) is 0.562. The first-order chi connectivity index (χ1) is 10.7. The third-order valence-corrected chi connectivity index (χ3v) is 3.58. The third kappa shape index (κ3) is 3.76. The van der Waals surface area contributed by atoms with E-state index >= 15 is 0 Å². The quantitative estimate of drug-likeness (QED) is 0.569. The van der Waals surface area contributed by atoms with E-state index < -0.39 is 12.3 Å². The second-order valence-corrected chi connectivity index (χ2v) is 4.96. The van der Waals surface area contributed by atoms with Crippen LogP contribution in [0.15, 0.2) is 18.2 Å². The van der Waals surface area contributed by atoms with Gasteiger partial charge in [0, 0.05) is 26.4 Å². The molecule has 1 unspecified atom stereocenters. The van der Waals surface area contributed by atoms with Crippen molar-refractivity contribution in [2.45, 2.75) is 25.2 Å². The van der Waals surface area contributed by atoms with Crippen LogP contribution in [0.1, 0.15) is 35.1 Å². The molecule has 122 valence electrons. The second-order valence-electron chi connectivity index (χ2n) is 4.96. The summed E-state index contributed by atoms with van der Waals surface area (Å²) in [5.74, 6) is -0.0454. The molecule has 0 amide bonds. The second kappa shape index (κ2) is 8.12. The summed E-state index contributed by atoms with van der Waals surface area (Å²) in [7, 11) is 4.35. The van der Waals surface area contributed by atoms with Gasteiger partial charge >= 0.3 is 5.97 Å². The summed E-state index contributed by atoms with van der Waals surface area (Å²) >= 11 is 0. The maximum absolute atomic E-state index is 12.1. The van der Waals surface area contributed by atoms with E-state index in [9.17, 15) is 4.79 Å². The minimum atomic E-state index is -0.666. The van der Waals surface area contributed by atoms with E-state index in [-0.39, 0.29) is 6.10 Å². The average molecular weight is 310 g/mol. The molecule has 1 atom stereocenters. The van der Waals surface area contributed by atoms with Crippen LogP contribution >= 0.6 is 0 Å². The van der Waals surface area contributed by atoms with Gasteiger partial charge in [-0.2, -0.15) is 0 Å². The number of carbonyl (C=O) groups is 1. The zero-order chi connectivity index (χ0) is 15.9. The van der Waals surface area contributed by atoms with Crippen LogP contribution in [0.5, 0.6) is 5.75 Å². The first-order valence-electron chi connectivity index (χ1n) is 7.22. The number of ether oxygens (including phenoxy) is 5. The Labute approximate surface area is 130 Å². The number of esters is 1. The van der Waals surface area contributed by atoms with E-state index in [1.165, 1.54) is 21.3 Å². The molecule has 1 heterocycles. The van der Waals surface area contributed by atoms with Crippen molar-refractivity contribution in [1.82, 2.24) is 0 Å². The molecule has 1 fully saturated rings. The van der Waals surface area contributed by atoms with Crippen molar-refractivity contribution in [1.29, 1.82) is 0 Å². The highest BCUT2D eigenvalue weighted by Crippen LogP contribution is 2.30. The van der Waals surface area contributed by atoms with Gasteiger partial charge in [0.25, 0.3) is 0 Å². The molecule has 0 radical (unpaired) electrons. The number of carbonyl (C=O) groups excluding carboxylic acids is 1. The maximum Gasteiger partial charge on any atom is 0.342 e. The Bertz CT molecular complexity index is 491. The van der Waals surface area contributed by atoms with Gasteiger partial charge < -0.3 is 23.7 Å². The van der Waals surface area contributed by atoms with E-state index in [2.05, 4.69) is 0 Å². The molecule has 1 aromatic rings. The Morgan fingerprint density at radius 2 is 2.09 bits per heavy atom. The molecule has 6 heteroatoms. The van der Waals surface area contributed by atoms with Crippen LogP contribution < -0.4 is 4.74 Å². The summed E-state index contributed by atoms with van der Waals surface area (Å²) in [4.78, 5) is 12.1. The van der Waals surface area contributed by atoms with Crippen molar-refractivity contribution < 1.29 is 28.5 Å². The normalized spacial score (nSPS) is 17.7. The lowest BCUT2D eigenvalue weighted by molar-refractivity contribution is -0.106. The van der Waals surface area contributed by atoms with Crippen LogP contribution in [0.2, 0.25) is 0 Å². The van der Waals surface area contributed by atoms with Gasteiger partial charge in [0.05, 0.1) is 13.2 Å². The van der Waals surface area contributed by atoms with Crippen molar-refractivity contribution >= 4 is 5.97 Å². The number of methoxy groups -OCH3 is 3. The van der Waals surface area contributed by atoms with Crippen LogP contribution in [-0.4, -0.2) is 46.6 Å². The monoisotopic (exact) mass is 310 g/mol. The molecule has 1 aliphatic heterocycles. The van der Waals surface area contributed by atoms with E-state index in [0.717, 1.165) is 19.4 Å². The summed E-state index contributed by atoms with van der Waals surface area (Å²) in [5, 5.41) is 0. The Morgan fingerprint density at radius 1 is 1.32 bits per heavy atom. The SMILES string of the molecule is COC(=O)c1c(OCC2CCCO2)cccc1C(OC)OC. The minimum Gasteiger partial charge on any atom is -0.490 e. The molecule has 1 aromatic carbocycles. The molecular formula is C16H22O6. The fourth-order valence-corrected chi connectivity index (χ4v) is 2.49. The van der Waals surface area contributed by atoms with Gasteiger partial charge in [-0.25, -0.2) is 4.79 Å². The van der Waals surface area contributed by atoms with Gasteiger partial charge in [-0.15, -0.1) is 0 Å². The van der Waals surface area contributed by atoms with Gasteiger partial charge in [0.1, 0.15) is 17.9 Å². The van der Waals surface area contributed by atoms with Gasteiger partial charge in [-0.1, -0.05) is 12.1 Å². The molecule has 2 rings (SSSR count). The highest BCUT2D eigenvalue weighted by molar-refractivity contribution is 5.94. The number of hydrogen-bond donors (Lipinski definition) is 0. The van der Waals surface area contributed by atoms with E-state index in [4.69, 9.17) is 23.7 Å². The highest BCUT2D eigenvalue weighted by Gasteiger charge is 2.25. The lowest BCUT2D eigenvalue weighted by Crippen LogP contribution is -2.19. The summed E-state index contributed by atoms with van der Waals surface area (Å²) in [6, 6.07) is 5.27. The Hall–Kier alpha value is -1.63. The molecule has 0 bridgehead atoms. The van der Waals surface area contributed by atoms with Crippen LogP contribution in [0, 0.1) is 0 Å². The van der Waals surface area contributed by atoms with Gasteiger partial charge in [0.2, 0.25) is 0 Å². The van der Waals surface area contributed by atoms with Crippen LogP contribution in [0.4, 0.5) is 0 Å². The van der Waals surface area contributed by atoms with E-state index in [1.807, 2.05) is 0 Å². The van der Waals surface area contributed by atoms with E-state index in [0.29, 0.717) is 23.5 Å². The lowest BCUT2D eigenvalue weighted by Gasteiger charge is -2.20. The van der Waals surface area contributed by atoms with Crippen molar-refractivity contribution in [3.8, 4) is 5.75 Å². The van der Waals surface area contributed by atoms with Crippen LogP contribution in [-0.2, 0) is 18.9 Å². The Kier molecular flexibility index (Phi) is 6.18. The average Bonchev–Trinajstić information content (AvgIpc) is 3.07. The highest BCUT2D eigenvalue weighted by atomic mass is 16.7. The van der Waals surface area contributed by atoms with Crippen molar-refractivity contribution in [3.63, 3.8) is 0 Å². The zero-order valence-electron chi connectivity index (χ0n) is 13.2. The van der Waals surface area contributed by atoms with Gasteiger partial charge in [0.15, 0.2) is 6.29 Å². The van der Waals surface area contributed by atoms with Gasteiger partial charge in [-0.3, -0.25) is 0 Å². The smallest absolute Gasteiger partial charge is 0.342 e. The summed E-state index contributed by atoms with van der Waals surface area (Å²) in [5.41, 5.74) is 0.887. The number of rotatable bonds is 7. The zero-order valence-corrected chi connectivity index (χ0v) is 13.2. The third-order valence-electron chi connectivity index (χ3n) is 3.58. The molecule has 0 spiro atoms. The molecule has 0 saturated carbocycles. The maximum atomic E-state index is 12.1. The van der Waals surface area contributed by atoms with Gasteiger partial charge in [-0.05, 0) is 18.9 Å². The van der Waals surface area contributed by atoms with E-state index in [1.54, 1.807) is 18.2 Å². The number of benzene rings is 1. The predicted molar refractivity (Wildman–Crippen MR) is 79.0 cm³/mol. The van der Waals surface area contributed by atoms with Crippen molar-refractivity contribution in [3.05, 3.63) is 29.3 Å².